The highest BCUT2D eigenvalue weighted by Gasteiger charge is 2.36. The summed E-state index contributed by atoms with van der Waals surface area (Å²) in [6.07, 6.45) is -1.59. The Morgan fingerprint density at radius 1 is 1.50 bits per heavy atom. The van der Waals surface area contributed by atoms with Gasteiger partial charge in [-0.05, 0) is 25.5 Å². The van der Waals surface area contributed by atoms with Crippen LogP contribution in [0.4, 0.5) is 8.78 Å². The molecular weight excluding hydrogens is 292 g/mol. The van der Waals surface area contributed by atoms with Crippen molar-refractivity contribution in [2.45, 2.75) is 44.9 Å². The summed E-state index contributed by atoms with van der Waals surface area (Å²) in [6, 6.07) is 6.01. The number of carbonyl (C=O) groups excluding carboxylic acids is 1. The van der Waals surface area contributed by atoms with Crippen molar-refractivity contribution in [3.05, 3.63) is 29.6 Å². The van der Waals surface area contributed by atoms with E-state index in [1.54, 1.807) is 6.92 Å². The smallest absolute Gasteiger partial charge is 0.310 e. The van der Waals surface area contributed by atoms with Gasteiger partial charge in [-0.1, -0.05) is 13.0 Å². The lowest BCUT2D eigenvalue weighted by Gasteiger charge is -2.24. The SMILES string of the molecule is CCCC(F)OC(=O)CC(C)(C#N)c1c(F)cccc1OC. The number of ether oxygens (including phenoxy) is 2. The van der Waals surface area contributed by atoms with Crippen LogP contribution < -0.4 is 4.74 Å². The summed E-state index contributed by atoms with van der Waals surface area (Å²) in [5.41, 5.74) is -1.55. The van der Waals surface area contributed by atoms with E-state index in [1.165, 1.54) is 32.2 Å². The highest BCUT2D eigenvalue weighted by molar-refractivity contribution is 5.73. The molecule has 1 rings (SSSR count). The van der Waals surface area contributed by atoms with Gasteiger partial charge in [0.1, 0.15) is 11.6 Å². The van der Waals surface area contributed by atoms with Gasteiger partial charge in [-0.2, -0.15) is 5.26 Å². The van der Waals surface area contributed by atoms with Crippen LogP contribution in [0.2, 0.25) is 0 Å². The number of methoxy groups -OCH3 is 1. The molecule has 0 amide bonds. The third-order valence-electron chi connectivity index (χ3n) is 3.27. The molecule has 4 nitrogen and oxygen atoms in total. The van der Waals surface area contributed by atoms with Crippen LogP contribution in [0.15, 0.2) is 18.2 Å². The molecule has 0 fully saturated rings. The van der Waals surface area contributed by atoms with Gasteiger partial charge in [0.15, 0.2) is 0 Å². The second kappa shape index (κ2) is 7.74. The fourth-order valence-corrected chi connectivity index (χ4v) is 2.15. The van der Waals surface area contributed by atoms with E-state index in [4.69, 9.17) is 4.74 Å². The van der Waals surface area contributed by atoms with Crippen LogP contribution in [0.25, 0.3) is 0 Å². The maximum absolute atomic E-state index is 14.1. The minimum Gasteiger partial charge on any atom is -0.496 e. The minimum atomic E-state index is -1.72. The fraction of sp³-hybridized carbons (Fsp3) is 0.500. The first kappa shape index (κ1) is 17.9. The number of hydrogen-bond donors (Lipinski definition) is 0. The average Bonchev–Trinajstić information content (AvgIpc) is 2.46. The van der Waals surface area contributed by atoms with Crippen molar-refractivity contribution in [2.24, 2.45) is 0 Å². The first-order valence-corrected chi connectivity index (χ1v) is 6.95. The van der Waals surface area contributed by atoms with Gasteiger partial charge in [0.05, 0.1) is 30.6 Å². The van der Waals surface area contributed by atoms with Crippen molar-refractivity contribution in [2.75, 3.05) is 7.11 Å². The Hall–Kier alpha value is -2.16. The van der Waals surface area contributed by atoms with E-state index < -0.39 is 30.0 Å². The van der Waals surface area contributed by atoms with Crippen molar-refractivity contribution in [1.29, 1.82) is 5.26 Å². The zero-order valence-electron chi connectivity index (χ0n) is 12.9. The monoisotopic (exact) mass is 311 g/mol. The van der Waals surface area contributed by atoms with Crippen molar-refractivity contribution >= 4 is 5.97 Å². The molecule has 120 valence electrons. The van der Waals surface area contributed by atoms with Crippen LogP contribution >= 0.6 is 0 Å². The number of alkyl halides is 1. The van der Waals surface area contributed by atoms with Gasteiger partial charge in [0.2, 0.25) is 6.36 Å². The van der Waals surface area contributed by atoms with Gasteiger partial charge in [-0.25, -0.2) is 8.78 Å². The molecule has 0 spiro atoms. The molecule has 2 atom stereocenters. The van der Waals surface area contributed by atoms with Gasteiger partial charge in [0, 0.05) is 6.42 Å². The average molecular weight is 311 g/mol. The van der Waals surface area contributed by atoms with Gasteiger partial charge >= 0.3 is 5.97 Å². The Labute approximate surface area is 128 Å². The molecule has 0 saturated carbocycles. The number of nitrogens with zero attached hydrogens (tertiary/aromatic N) is 1. The zero-order chi connectivity index (χ0) is 16.8. The Kier molecular flexibility index (Phi) is 6.29. The number of nitriles is 1. The molecule has 0 radical (unpaired) electrons. The standard InChI is InChI=1S/C16H19F2NO3/c1-4-6-13(18)22-14(20)9-16(2,10-19)15-11(17)7-5-8-12(15)21-3/h5,7-8,13H,4,6,9H2,1-3H3. The Morgan fingerprint density at radius 2 is 2.18 bits per heavy atom. The maximum atomic E-state index is 14.1. The molecule has 0 aromatic heterocycles. The van der Waals surface area contributed by atoms with Gasteiger partial charge in [-0.15, -0.1) is 0 Å². The summed E-state index contributed by atoms with van der Waals surface area (Å²) in [4.78, 5) is 11.8. The van der Waals surface area contributed by atoms with Crippen molar-refractivity contribution in [1.82, 2.24) is 0 Å². The lowest BCUT2D eigenvalue weighted by Crippen LogP contribution is -2.28. The van der Waals surface area contributed by atoms with E-state index in [1.807, 2.05) is 6.07 Å². The van der Waals surface area contributed by atoms with Crippen molar-refractivity contribution < 1.29 is 23.0 Å². The first-order chi connectivity index (χ1) is 10.4. The first-order valence-electron chi connectivity index (χ1n) is 6.95. The second-order valence-electron chi connectivity index (χ2n) is 5.13. The van der Waals surface area contributed by atoms with Crippen LogP contribution in [0.5, 0.6) is 5.75 Å². The number of carbonyl (C=O) groups is 1. The number of halogens is 2. The molecule has 2 unspecified atom stereocenters. The molecule has 22 heavy (non-hydrogen) atoms. The van der Waals surface area contributed by atoms with Crippen LogP contribution in [0.3, 0.4) is 0 Å². The maximum Gasteiger partial charge on any atom is 0.310 e. The van der Waals surface area contributed by atoms with Crippen LogP contribution in [-0.4, -0.2) is 19.4 Å². The molecule has 0 bridgehead atoms. The third-order valence-corrected chi connectivity index (χ3v) is 3.27. The molecule has 1 aromatic carbocycles. The Balaban J connectivity index is 3.03. The number of esters is 1. The summed E-state index contributed by atoms with van der Waals surface area (Å²) >= 11 is 0. The van der Waals surface area contributed by atoms with Crippen LogP contribution in [0.1, 0.15) is 38.7 Å². The zero-order valence-corrected chi connectivity index (χ0v) is 12.9. The van der Waals surface area contributed by atoms with E-state index >= 15 is 0 Å². The lowest BCUT2D eigenvalue weighted by atomic mass is 9.80. The minimum absolute atomic E-state index is 0.0390. The molecule has 0 aliphatic heterocycles. The second-order valence-corrected chi connectivity index (χ2v) is 5.13. The summed E-state index contributed by atoms with van der Waals surface area (Å²) in [6.45, 7) is 3.15. The summed E-state index contributed by atoms with van der Waals surface area (Å²) in [5, 5.41) is 9.40. The van der Waals surface area contributed by atoms with Crippen molar-refractivity contribution in [3.8, 4) is 11.8 Å². The number of benzene rings is 1. The largest absolute Gasteiger partial charge is 0.496 e. The summed E-state index contributed by atoms with van der Waals surface area (Å²) < 4.78 is 37.1. The third kappa shape index (κ3) is 4.17. The molecule has 0 saturated heterocycles. The van der Waals surface area contributed by atoms with Crippen LogP contribution in [-0.2, 0) is 14.9 Å². The van der Waals surface area contributed by atoms with Crippen molar-refractivity contribution in [3.63, 3.8) is 0 Å². The highest BCUT2D eigenvalue weighted by Crippen LogP contribution is 2.36. The van der Waals surface area contributed by atoms with Crippen LogP contribution in [0, 0.1) is 17.1 Å². The van der Waals surface area contributed by atoms with Gasteiger partial charge < -0.3 is 9.47 Å². The number of hydrogen-bond acceptors (Lipinski definition) is 4. The molecule has 1 aromatic rings. The molecule has 0 aliphatic carbocycles. The summed E-state index contributed by atoms with van der Waals surface area (Å²) in [5.74, 6) is -1.40. The quantitative estimate of drug-likeness (QED) is 0.721. The van der Waals surface area contributed by atoms with Gasteiger partial charge in [-0.3, -0.25) is 4.79 Å². The molecule has 0 heterocycles. The fourth-order valence-electron chi connectivity index (χ4n) is 2.15. The van der Waals surface area contributed by atoms with E-state index in [0.717, 1.165) is 0 Å². The molecular formula is C16H19F2NO3. The highest BCUT2D eigenvalue weighted by atomic mass is 19.1. The Morgan fingerprint density at radius 3 is 2.73 bits per heavy atom. The molecule has 0 aliphatic rings. The van der Waals surface area contributed by atoms with E-state index in [0.29, 0.717) is 6.42 Å². The lowest BCUT2D eigenvalue weighted by molar-refractivity contribution is -0.159. The van der Waals surface area contributed by atoms with E-state index in [-0.39, 0.29) is 17.7 Å². The normalized spacial score (nSPS) is 14.5. The summed E-state index contributed by atoms with van der Waals surface area (Å²) in [7, 11) is 1.34. The number of rotatable bonds is 7. The Bertz CT molecular complexity index is 571. The predicted octanol–water partition coefficient (Wildman–Crippen LogP) is 3.64. The molecule has 6 heteroatoms. The van der Waals surface area contributed by atoms with E-state index in [9.17, 15) is 18.8 Å². The molecule has 0 N–H and O–H groups in total. The van der Waals surface area contributed by atoms with E-state index in [2.05, 4.69) is 4.74 Å². The van der Waals surface area contributed by atoms with Gasteiger partial charge in [0.25, 0.3) is 0 Å². The topological polar surface area (TPSA) is 59.3 Å². The predicted molar refractivity (Wildman–Crippen MR) is 76.4 cm³/mol.